The Balaban J connectivity index is 0. The van der Waals surface area contributed by atoms with Gasteiger partial charge in [-0.25, -0.2) is 0 Å². The molecule has 0 unspecified atom stereocenters. The fourth-order valence-electron chi connectivity index (χ4n) is 2.39. The third-order valence-corrected chi connectivity index (χ3v) is 3.70. The average molecular weight is 330 g/mol. The van der Waals surface area contributed by atoms with Crippen molar-refractivity contribution in [2.45, 2.75) is 91.4 Å². The van der Waals surface area contributed by atoms with Gasteiger partial charge in [-0.05, 0) is 25.2 Å². The molecule has 1 fully saturated rings. The number of hydrogen-bond donors (Lipinski definition) is 2. The van der Waals surface area contributed by atoms with Crippen molar-refractivity contribution < 1.29 is 24.6 Å². The number of carboxylic acid groups (broad SMARTS) is 2. The van der Waals surface area contributed by atoms with Crippen LogP contribution in [0.15, 0.2) is 0 Å². The molecule has 0 aliphatic heterocycles. The Labute approximate surface area is 140 Å². The van der Waals surface area contributed by atoms with Crippen LogP contribution in [-0.2, 0) is 14.4 Å². The van der Waals surface area contributed by atoms with E-state index in [1.165, 1.54) is 25.7 Å². The van der Waals surface area contributed by atoms with Crippen molar-refractivity contribution in [2.24, 2.45) is 5.92 Å². The minimum atomic E-state index is -0.765. The molecule has 0 radical (unpaired) electrons. The summed E-state index contributed by atoms with van der Waals surface area (Å²) in [5, 5.41) is 16.2. The summed E-state index contributed by atoms with van der Waals surface area (Å²) in [5.74, 6) is -0.413. The maximum absolute atomic E-state index is 11.5. The Morgan fingerprint density at radius 2 is 1.35 bits per heavy atom. The zero-order chi connectivity index (χ0) is 18.1. The summed E-state index contributed by atoms with van der Waals surface area (Å²) >= 11 is 0. The third kappa shape index (κ3) is 18.6. The first-order valence-corrected chi connectivity index (χ1v) is 8.91. The zero-order valence-corrected chi connectivity index (χ0v) is 15.0. The lowest BCUT2D eigenvalue weighted by Gasteiger charge is -2.07. The maximum Gasteiger partial charge on any atom is 0.303 e. The molecule has 0 atom stereocenters. The van der Waals surface area contributed by atoms with Gasteiger partial charge in [0.25, 0.3) is 0 Å². The first-order valence-electron chi connectivity index (χ1n) is 8.91. The normalized spacial score (nSPS) is 13.3. The predicted octanol–water partition coefficient (Wildman–Crippen LogP) is 4.68. The van der Waals surface area contributed by atoms with Crippen LogP contribution in [0.25, 0.3) is 0 Å². The van der Waals surface area contributed by atoms with Crippen LogP contribution < -0.4 is 0 Å². The molecule has 1 saturated carbocycles. The summed E-state index contributed by atoms with van der Waals surface area (Å²) in [5.41, 5.74) is 0. The van der Waals surface area contributed by atoms with Gasteiger partial charge >= 0.3 is 11.9 Å². The second kappa shape index (κ2) is 17.0. The lowest BCUT2D eigenvalue weighted by molar-refractivity contribution is -0.138. The highest BCUT2D eigenvalue weighted by Gasteiger charge is 2.15. The topological polar surface area (TPSA) is 91.7 Å². The van der Waals surface area contributed by atoms with Crippen molar-refractivity contribution in [1.82, 2.24) is 0 Å². The molecule has 1 aliphatic carbocycles. The van der Waals surface area contributed by atoms with E-state index >= 15 is 0 Å². The van der Waals surface area contributed by atoms with Crippen LogP contribution in [0.3, 0.4) is 0 Å². The molecule has 5 nitrogen and oxygen atoms in total. The van der Waals surface area contributed by atoms with Crippen molar-refractivity contribution in [3.8, 4) is 0 Å². The van der Waals surface area contributed by atoms with E-state index < -0.39 is 11.9 Å². The van der Waals surface area contributed by atoms with Crippen LogP contribution in [0.1, 0.15) is 91.4 Å². The molecule has 5 heteroatoms. The number of carboxylic acids is 2. The number of Topliss-reactive ketones (excluding diaryl/α,β-unsaturated/α-hetero) is 1. The Hall–Kier alpha value is -1.39. The Morgan fingerprint density at radius 3 is 1.78 bits per heavy atom. The summed E-state index contributed by atoms with van der Waals surface area (Å²) in [6.45, 7) is 5.60. The SMILES string of the molecule is CC.CCC(=O)O.O=C(O)CCCCC(=O)CCC1CCCC1. The van der Waals surface area contributed by atoms with Gasteiger partial charge in [0.1, 0.15) is 5.78 Å². The second-order valence-electron chi connectivity index (χ2n) is 5.58. The molecule has 0 heterocycles. The van der Waals surface area contributed by atoms with Crippen LogP contribution in [0.2, 0.25) is 0 Å². The van der Waals surface area contributed by atoms with Gasteiger partial charge in [0.2, 0.25) is 0 Å². The summed E-state index contributed by atoms with van der Waals surface area (Å²) in [6.07, 6.45) is 9.36. The summed E-state index contributed by atoms with van der Waals surface area (Å²) < 4.78 is 0. The molecule has 136 valence electrons. The van der Waals surface area contributed by atoms with E-state index in [-0.39, 0.29) is 12.8 Å². The van der Waals surface area contributed by atoms with E-state index in [0.717, 1.165) is 18.8 Å². The third-order valence-electron chi connectivity index (χ3n) is 3.70. The fourth-order valence-corrected chi connectivity index (χ4v) is 2.39. The van der Waals surface area contributed by atoms with Gasteiger partial charge < -0.3 is 10.2 Å². The monoisotopic (exact) mass is 330 g/mol. The van der Waals surface area contributed by atoms with Gasteiger partial charge in [-0.1, -0.05) is 46.5 Å². The van der Waals surface area contributed by atoms with Gasteiger partial charge in [-0.15, -0.1) is 0 Å². The Kier molecular flexibility index (Phi) is 17.6. The molecule has 2 N–H and O–H groups in total. The second-order valence-corrected chi connectivity index (χ2v) is 5.58. The van der Waals surface area contributed by atoms with E-state index in [1.54, 1.807) is 6.92 Å². The van der Waals surface area contributed by atoms with E-state index in [2.05, 4.69) is 0 Å². The fraction of sp³-hybridized carbons (Fsp3) is 0.833. The zero-order valence-electron chi connectivity index (χ0n) is 15.0. The molecule has 0 aromatic heterocycles. The highest BCUT2D eigenvalue weighted by atomic mass is 16.4. The van der Waals surface area contributed by atoms with E-state index in [0.29, 0.717) is 25.0 Å². The lowest BCUT2D eigenvalue weighted by Crippen LogP contribution is -2.03. The number of hydrogen-bond acceptors (Lipinski definition) is 3. The molecular weight excluding hydrogens is 296 g/mol. The van der Waals surface area contributed by atoms with Gasteiger partial charge in [0.15, 0.2) is 0 Å². The summed E-state index contributed by atoms with van der Waals surface area (Å²) in [7, 11) is 0. The van der Waals surface area contributed by atoms with Crippen LogP contribution in [-0.4, -0.2) is 27.9 Å². The first kappa shape index (κ1) is 23.9. The van der Waals surface area contributed by atoms with Crippen molar-refractivity contribution in [3.63, 3.8) is 0 Å². The molecular formula is C18H34O5. The largest absolute Gasteiger partial charge is 0.481 e. The highest BCUT2D eigenvalue weighted by molar-refractivity contribution is 5.78. The molecule has 0 saturated heterocycles. The average Bonchev–Trinajstić information content (AvgIpc) is 3.05. The van der Waals surface area contributed by atoms with Crippen molar-refractivity contribution in [1.29, 1.82) is 0 Å². The van der Waals surface area contributed by atoms with Crippen molar-refractivity contribution in [3.05, 3.63) is 0 Å². The standard InChI is InChI=1S/C13H22O3.C3H6O2.C2H6/c14-12(7-3-4-8-13(15)16)10-9-11-5-1-2-6-11;1-2-3(4)5;1-2/h11H,1-10H2,(H,15,16);2H2,1H3,(H,4,5);1-2H3. The van der Waals surface area contributed by atoms with Crippen molar-refractivity contribution in [2.75, 3.05) is 0 Å². The van der Waals surface area contributed by atoms with Crippen LogP contribution in [0.5, 0.6) is 0 Å². The Morgan fingerprint density at radius 1 is 0.870 bits per heavy atom. The minimum absolute atomic E-state index is 0.190. The number of aliphatic carboxylic acids is 2. The van der Waals surface area contributed by atoms with E-state index in [4.69, 9.17) is 10.2 Å². The smallest absolute Gasteiger partial charge is 0.303 e. The molecule has 0 amide bonds. The number of carbonyl (C=O) groups excluding carboxylic acids is 1. The predicted molar refractivity (Wildman–Crippen MR) is 91.6 cm³/mol. The van der Waals surface area contributed by atoms with Gasteiger partial charge in [0, 0.05) is 25.7 Å². The number of unbranched alkanes of at least 4 members (excludes halogenated alkanes) is 1. The molecule has 1 rings (SSSR count). The summed E-state index contributed by atoms with van der Waals surface area (Å²) in [4.78, 5) is 31.1. The van der Waals surface area contributed by atoms with Crippen molar-refractivity contribution >= 4 is 17.7 Å². The van der Waals surface area contributed by atoms with Crippen LogP contribution in [0.4, 0.5) is 0 Å². The molecule has 23 heavy (non-hydrogen) atoms. The molecule has 0 bridgehead atoms. The number of rotatable bonds is 9. The van der Waals surface area contributed by atoms with Crippen LogP contribution in [0, 0.1) is 5.92 Å². The molecule has 0 spiro atoms. The lowest BCUT2D eigenvalue weighted by atomic mass is 9.98. The minimum Gasteiger partial charge on any atom is -0.481 e. The molecule has 0 aromatic rings. The molecule has 1 aliphatic rings. The number of ketones is 1. The highest BCUT2D eigenvalue weighted by Crippen LogP contribution is 2.28. The van der Waals surface area contributed by atoms with Crippen LogP contribution >= 0.6 is 0 Å². The maximum atomic E-state index is 11.5. The molecule has 0 aromatic carbocycles. The first-order chi connectivity index (χ1) is 11.0. The Bertz CT molecular complexity index is 319. The van der Waals surface area contributed by atoms with Gasteiger partial charge in [-0.3, -0.25) is 14.4 Å². The summed E-state index contributed by atoms with van der Waals surface area (Å²) in [6, 6.07) is 0. The quantitative estimate of drug-likeness (QED) is 0.599. The number of carbonyl (C=O) groups is 3. The van der Waals surface area contributed by atoms with E-state index in [1.807, 2.05) is 13.8 Å². The van der Waals surface area contributed by atoms with E-state index in [9.17, 15) is 14.4 Å². The van der Waals surface area contributed by atoms with Gasteiger partial charge in [0.05, 0.1) is 0 Å². The van der Waals surface area contributed by atoms with Gasteiger partial charge in [-0.2, -0.15) is 0 Å².